The highest BCUT2D eigenvalue weighted by Gasteiger charge is 2.28. The fraction of sp³-hybridized carbons (Fsp3) is 0.462. The van der Waals surface area contributed by atoms with E-state index in [1.807, 2.05) is 19.1 Å². The molecule has 0 saturated heterocycles. The molecular weight excluding hydrogens is 204 g/mol. The Morgan fingerprint density at radius 3 is 2.94 bits per heavy atom. The van der Waals surface area contributed by atoms with Gasteiger partial charge in [-0.3, -0.25) is 4.79 Å². The van der Waals surface area contributed by atoms with E-state index in [4.69, 9.17) is 5.11 Å². The van der Waals surface area contributed by atoms with Gasteiger partial charge in [-0.15, -0.1) is 0 Å². The molecular formula is C13H16O3. The lowest BCUT2D eigenvalue weighted by molar-refractivity contribution is -0.138. The largest absolute Gasteiger partial charge is 0.508 e. The molecule has 1 aliphatic carbocycles. The number of hydrogen-bond donors (Lipinski definition) is 2. The Kier molecular flexibility index (Phi) is 2.86. The molecule has 2 atom stereocenters. The van der Waals surface area contributed by atoms with Crippen LogP contribution in [0.25, 0.3) is 0 Å². The van der Waals surface area contributed by atoms with Crippen molar-refractivity contribution < 1.29 is 15.0 Å². The zero-order valence-electron chi connectivity index (χ0n) is 9.31. The zero-order chi connectivity index (χ0) is 11.7. The topological polar surface area (TPSA) is 57.5 Å². The predicted octanol–water partition coefficient (Wildman–Crippen LogP) is 2.53. The second-order valence-corrected chi connectivity index (χ2v) is 4.53. The molecule has 0 amide bonds. The maximum absolute atomic E-state index is 10.7. The first kappa shape index (κ1) is 11.0. The van der Waals surface area contributed by atoms with Gasteiger partial charge in [0.15, 0.2) is 0 Å². The first-order valence-electron chi connectivity index (χ1n) is 5.62. The van der Waals surface area contributed by atoms with Gasteiger partial charge in [0.25, 0.3) is 0 Å². The molecule has 16 heavy (non-hydrogen) atoms. The Bertz CT molecular complexity index is 412. The average Bonchev–Trinajstić information content (AvgIpc) is 2.23. The van der Waals surface area contributed by atoms with Gasteiger partial charge in [0.2, 0.25) is 0 Å². The Morgan fingerprint density at radius 1 is 1.50 bits per heavy atom. The molecule has 86 valence electrons. The summed E-state index contributed by atoms with van der Waals surface area (Å²) in [4.78, 5) is 10.7. The van der Waals surface area contributed by atoms with E-state index in [9.17, 15) is 9.90 Å². The number of benzene rings is 1. The van der Waals surface area contributed by atoms with Gasteiger partial charge >= 0.3 is 5.97 Å². The molecule has 0 saturated carbocycles. The van der Waals surface area contributed by atoms with Crippen molar-refractivity contribution in [2.45, 2.75) is 32.1 Å². The fourth-order valence-electron chi connectivity index (χ4n) is 2.63. The molecule has 2 rings (SSSR count). The molecule has 3 heteroatoms. The minimum absolute atomic E-state index is 0.187. The number of carboxylic acid groups (broad SMARTS) is 1. The van der Waals surface area contributed by atoms with Crippen LogP contribution in [0.4, 0.5) is 0 Å². The second kappa shape index (κ2) is 4.16. The van der Waals surface area contributed by atoms with E-state index in [1.165, 1.54) is 0 Å². The highest BCUT2D eigenvalue weighted by atomic mass is 16.4. The number of carboxylic acids is 1. The van der Waals surface area contributed by atoms with Crippen molar-refractivity contribution in [3.05, 3.63) is 29.3 Å². The molecule has 0 aromatic heterocycles. The molecule has 1 aromatic rings. The smallest absolute Gasteiger partial charge is 0.303 e. The predicted molar refractivity (Wildman–Crippen MR) is 60.6 cm³/mol. The summed E-state index contributed by atoms with van der Waals surface area (Å²) in [5, 5.41) is 18.6. The number of rotatable bonds is 2. The fourth-order valence-corrected chi connectivity index (χ4v) is 2.63. The second-order valence-electron chi connectivity index (χ2n) is 4.53. The third kappa shape index (κ3) is 1.90. The first-order valence-corrected chi connectivity index (χ1v) is 5.62. The molecule has 2 N–H and O–H groups in total. The number of aliphatic carboxylic acids is 1. The van der Waals surface area contributed by atoms with Crippen LogP contribution in [-0.2, 0) is 11.2 Å². The number of carbonyl (C=O) groups is 1. The summed E-state index contributed by atoms with van der Waals surface area (Å²) in [5.74, 6) is 0.0114. The third-order valence-electron chi connectivity index (χ3n) is 3.59. The monoisotopic (exact) mass is 220 g/mol. The summed E-state index contributed by atoms with van der Waals surface area (Å²) in [6.45, 7) is 2.05. The lowest BCUT2D eigenvalue weighted by atomic mass is 9.74. The van der Waals surface area contributed by atoms with E-state index in [0.29, 0.717) is 5.75 Å². The zero-order valence-corrected chi connectivity index (χ0v) is 9.31. The SMILES string of the molecule is CC1c2cccc(O)c2CCC1CC(=O)O. The molecule has 1 aliphatic rings. The van der Waals surface area contributed by atoms with Crippen LogP contribution in [0.15, 0.2) is 18.2 Å². The van der Waals surface area contributed by atoms with Crippen LogP contribution >= 0.6 is 0 Å². The van der Waals surface area contributed by atoms with Gasteiger partial charge in [0, 0.05) is 6.42 Å². The molecule has 0 spiro atoms. The van der Waals surface area contributed by atoms with Crippen LogP contribution in [0.3, 0.4) is 0 Å². The average molecular weight is 220 g/mol. The van der Waals surface area contributed by atoms with E-state index >= 15 is 0 Å². The van der Waals surface area contributed by atoms with Crippen LogP contribution in [0.2, 0.25) is 0 Å². The van der Waals surface area contributed by atoms with Crippen molar-refractivity contribution in [2.75, 3.05) is 0 Å². The van der Waals surface area contributed by atoms with Crippen molar-refractivity contribution in [1.82, 2.24) is 0 Å². The van der Waals surface area contributed by atoms with Gasteiger partial charge in [-0.1, -0.05) is 19.1 Å². The number of phenolic OH excluding ortho intramolecular Hbond substituents is 1. The summed E-state index contributed by atoms with van der Waals surface area (Å²) in [7, 11) is 0. The minimum atomic E-state index is -0.736. The van der Waals surface area contributed by atoms with Crippen LogP contribution in [0.1, 0.15) is 36.8 Å². The summed E-state index contributed by atoms with van der Waals surface area (Å²) >= 11 is 0. The Hall–Kier alpha value is -1.51. The van der Waals surface area contributed by atoms with E-state index in [2.05, 4.69) is 0 Å². The Morgan fingerprint density at radius 2 is 2.25 bits per heavy atom. The maximum Gasteiger partial charge on any atom is 0.303 e. The number of aromatic hydroxyl groups is 1. The quantitative estimate of drug-likeness (QED) is 0.805. The number of fused-ring (bicyclic) bond motifs is 1. The van der Waals surface area contributed by atoms with Crippen LogP contribution in [-0.4, -0.2) is 16.2 Å². The van der Waals surface area contributed by atoms with Gasteiger partial charge in [-0.25, -0.2) is 0 Å². The van der Waals surface area contributed by atoms with Gasteiger partial charge < -0.3 is 10.2 Å². The van der Waals surface area contributed by atoms with Gasteiger partial charge in [-0.2, -0.15) is 0 Å². The third-order valence-corrected chi connectivity index (χ3v) is 3.59. The van der Waals surface area contributed by atoms with E-state index in [1.54, 1.807) is 6.07 Å². The van der Waals surface area contributed by atoms with Crippen molar-refractivity contribution in [2.24, 2.45) is 5.92 Å². The van der Waals surface area contributed by atoms with Crippen LogP contribution in [0, 0.1) is 5.92 Å². The molecule has 0 fully saturated rings. The summed E-state index contributed by atoms with van der Waals surface area (Å²) in [6.07, 6.45) is 1.85. The van der Waals surface area contributed by atoms with Crippen LogP contribution in [0.5, 0.6) is 5.75 Å². The Balaban J connectivity index is 2.28. The molecule has 1 aromatic carbocycles. The minimum Gasteiger partial charge on any atom is -0.508 e. The van der Waals surface area contributed by atoms with Crippen molar-refractivity contribution >= 4 is 5.97 Å². The molecule has 0 aliphatic heterocycles. The summed E-state index contributed by atoms with van der Waals surface area (Å²) in [5.41, 5.74) is 2.11. The molecule has 0 bridgehead atoms. The molecule has 0 radical (unpaired) electrons. The van der Waals surface area contributed by atoms with Gasteiger partial charge in [0.05, 0.1) is 0 Å². The molecule has 3 nitrogen and oxygen atoms in total. The van der Waals surface area contributed by atoms with Gasteiger partial charge in [-0.05, 0) is 41.9 Å². The normalized spacial score (nSPS) is 23.8. The molecule has 0 heterocycles. The number of hydrogen-bond acceptors (Lipinski definition) is 2. The van der Waals surface area contributed by atoms with Crippen molar-refractivity contribution in [1.29, 1.82) is 0 Å². The number of phenols is 1. The first-order chi connectivity index (χ1) is 7.59. The summed E-state index contributed by atoms with van der Waals surface area (Å²) in [6, 6.07) is 5.52. The lowest BCUT2D eigenvalue weighted by Gasteiger charge is -2.30. The van der Waals surface area contributed by atoms with E-state index in [-0.39, 0.29) is 18.3 Å². The standard InChI is InChI=1S/C13H16O3/c1-8-9(7-13(15)16)5-6-11-10(8)3-2-4-12(11)14/h2-4,8-9,14H,5-7H2,1H3,(H,15,16). The maximum atomic E-state index is 10.7. The van der Waals surface area contributed by atoms with Crippen molar-refractivity contribution in [3.63, 3.8) is 0 Å². The summed E-state index contributed by atoms with van der Waals surface area (Å²) < 4.78 is 0. The van der Waals surface area contributed by atoms with Gasteiger partial charge in [0.1, 0.15) is 5.75 Å². The highest BCUT2D eigenvalue weighted by Crippen LogP contribution is 2.40. The van der Waals surface area contributed by atoms with Crippen LogP contribution < -0.4 is 0 Å². The molecule has 2 unspecified atom stereocenters. The lowest BCUT2D eigenvalue weighted by Crippen LogP contribution is -2.21. The van der Waals surface area contributed by atoms with E-state index in [0.717, 1.165) is 24.0 Å². The Labute approximate surface area is 94.7 Å². The van der Waals surface area contributed by atoms with Crippen molar-refractivity contribution in [3.8, 4) is 5.75 Å². The highest BCUT2D eigenvalue weighted by molar-refractivity contribution is 5.67. The van der Waals surface area contributed by atoms with E-state index < -0.39 is 5.97 Å².